The molecule has 1 aliphatic heterocycles. The second-order valence-corrected chi connectivity index (χ2v) is 5.10. The van der Waals surface area contributed by atoms with Gasteiger partial charge in [-0.3, -0.25) is 0 Å². The Morgan fingerprint density at radius 3 is 2.48 bits per heavy atom. The van der Waals surface area contributed by atoms with Gasteiger partial charge in [0, 0.05) is 7.05 Å². The molecule has 1 aliphatic rings. The lowest BCUT2D eigenvalue weighted by Gasteiger charge is -2.10. The average Bonchev–Trinajstić information content (AvgIpc) is 2.86. The van der Waals surface area contributed by atoms with Crippen molar-refractivity contribution < 1.29 is 14.3 Å². The lowest BCUT2D eigenvalue weighted by Crippen LogP contribution is -2.17. The highest BCUT2D eigenvalue weighted by molar-refractivity contribution is 5.69. The number of amides is 1. The topological polar surface area (TPSA) is 38.8 Å². The van der Waals surface area contributed by atoms with Gasteiger partial charge in [-0.1, -0.05) is 42.5 Å². The molecule has 0 N–H and O–H groups in total. The van der Waals surface area contributed by atoms with Crippen molar-refractivity contribution in [2.24, 2.45) is 0 Å². The fraction of sp³-hybridized carbons (Fsp3) is 0.235. The predicted octanol–water partition coefficient (Wildman–Crippen LogP) is 3.39. The van der Waals surface area contributed by atoms with Crippen LogP contribution >= 0.6 is 0 Å². The fourth-order valence-electron chi connectivity index (χ4n) is 2.27. The van der Waals surface area contributed by atoms with E-state index in [9.17, 15) is 4.79 Å². The van der Waals surface area contributed by atoms with Gasteiger partial charge >= 0.3 is 6.09 Å². The number of ether oxygens (including phenoxy) is 2. The summed E-state index contributed by atoms with van der Waals surface area (Å²) in [4.78, 5) is 12.9. The Bertz CT molecular complexity index is 610. The van der Waals surface area contributed by atoms with Crippen LogP contribution in [-0.2, 0) is 11.3 Å². The summed E-state index contributed by atoms with van der Waals surface area (Å²) < 4.78 is 11.0. The molecule has 1 heterocycles. The molecule has 1 saturated heterocycles. The molecule has 0 aliphatic carbocycles. The largest absolute Gasteiger partial charge is 0.489 e. The molecule has 108 valence electrons. The lowest BCUT2D eigenvalue weighted by molar-refractivity contribution is 0.135. The lowest BCUT2D eigenvalue weighted by atomic mass is 10.1. The van der Waals surface area contributed by atoms with Crippen molar-refractivity contribution in [2.45, 2.75) is 12.7 Å². The van der Waals surface area contributed by atoms with Crippen LogP contribution in [0.2, 0.25) is 0 Å². The zero-order valence-corrected chi connectivity index (χ0v) is 11.9. The third-order valence-corrected chi connectivity index (χ3v) is 3.49. The van der Waals surface area contributed by atoms with Gasteiger partial charge in [-0.2, -0.15) is 0 Å². The Balaban J connectivity index is 1.61. The molecule has 1 amide bonds. The Morgan fingerprint density at radius 1 is 1.14 bits per heavy atom. The molecule has 21 heavy (non-hydrogen) atoms. The maximum atomic E-state index is 11.4. The minimum atomic E-state index is -0.274. The van der Waals surface area contributed by atoms with Crippen LogP contribution in [0.1, 0.15) is 17.2 Å². The van der Waals surface area contributed by atoms with Crippen LogP contribution in [0.25, 0.3) is 0 Å². The highest BCUT2D eigenvalue weighted by atomic mass is 16.6. The van der Waals surface area contributed by atoms with Crippen molar-refractivity contribution >= 4 is 6.09 Å². The highest BCUT2D eigenvalue weighted by Crippen LogP contribution is 2.26. The van der Waals surface area contributed by atoms with Gasteiger partial charge in [0.2, 0.25) is 0 Å². The first kappa shape index (κ1) is 13.5. The summed E-state index contributed by atoms with van der Waals surface area (Å²) in [6, 6.07) is 17.7. The first-order valence-corrected chi connectivity index (χ1v) is 6.91. The zero-order valence-electron chi connectivity index (χ0n) is 11.9. The second kappa shape index (κ2) is 5.87. The summed E-state index contributed by atoms with van der Waals surface area (Å²) in [6.07, 6.45) is -0.463. The van der Waals surface area contributed by atoms with Crippen LogP contribution in [0.15, 0.2) is 54.6 Å². The van der Waals surface area contributed by atoms with Gasteiger partial charge in [-0.05, 0) is 23.3 Å². The van der Waals surface area contributed by atoms with Crippen molar-refractivity contribution in [3.63, 3.8) is 0 Å². The molecule has 1 fully saturated rings. The molecule has 0 radical (unpaired) electrons. The second-order valence-electron chi connectivity index (χ2n) is 5.10. The number of nitrogens with zero attached hydrogens (tertiary/aromatic N) is 1. The normalized spacial score (nSPS) is 17.7. The SMILES string of the molecule is CN1CC(c2ccc(OCc3ccccc3)cc2)OC1=O. The molecule has 2 aromatic carbocycles. The first-order valence-electron chi connectivity index (χ1n) is 6.91. The number of carbonyl (C=O) groups is 1. The summed E-state index contributed by atoms with van der Waals surface area (Å²) >= 11 is 0. The molecule has 1 atom stereocenters. The molecular formula is C17H17NO3. The minimum Gasteiger partial charge on any atom is -0.489 e. The third-order valence-electron chi connectivity index (χ3n) is 3.49. The van der Waals surface area contributed by atoms with Crippen molar-refractivity contribution in [1.82, 2.24) is 4.90 Å². The van der Waals surface area contributed by atoms with E-state index in [1.807, 2.05) is 54.6 Å². The number of hydrogen-bond acceptors (Lipinski definition) is 3. The van der Waals surface area contributed by atoms with E-state index in [1.54, 1.807) is 11.9 Å². The molecule has 4 nitrogen and oxygen atoms in total. The van der Waals surface area contributed by atoms with Crippen LogP contribution in [-0.4, -0.2) is 24.6 Å². The smallest absolute Gasteiger partial charge is 0.410 e. The standard InChI is InChI=1S/C17H17NO3/c1-18-11-16(21-17(18)19)14-7-9-15(10-8-14)20-12-13-5-3-2-4-6-13/h2-10,16H,11-12H2,1H3. The van der Waals surface area contributed by atoms with E-state index < -0.39 is 0 Å². The van der Waals surface area contributed by atoms with Crippen LogP contribution in [0.4, 0.5) is 4.79 Å². The predicted molar refractivity (Wildman–Crippen MR) is 79.1 cm³/mol. The van der Waals surface area contributed by atoms with E-state index in [4.69, 9.17) is 9.47 Å². The van der Waals surface area contributed by atoms with E-state index in [2.05, 4.69) is 0 Å². The molecule has 0 spiro atoms. The molecule has 0 aromatic heterocycles. The molecular weight excluding hydrogens is 266 g/mol. The number of cyclic esters (lactones) is 1. The summed E-state index contributed by atoms with van der Waals surface area (Å²) in [5.41, 5.74) is 2.12. The van der Waals surface area contributed by atoms with Crippen molar-refractivity contribution in [2.75, 3.05) is 13.6 Å². The fourth-order valence-corrected chi connectivity index (χ4v) is 2.27. The van der Waals surface area contributed by atoms with E-state index in [-0.39, 0.29) is 12.2 Å². The van der Waals surface area contributed by atoms with E-state index in [1.165, 1.54) is 0 Å². The van der Waals surface area contributed by atoms with Crippen LogP contribution in [0.5, 0.6) is 5.75 Å². The minimum absolute atomic E-state index is 0.189. The molecule has 1 unspecified atom stereocenters. The monoisotopic (exact) mass is 283 g/mol. The van der Waals surface area contributed by atoms with Gasteiger partial charge in [0.15, 0.2) is 0 Å². The van der Waals surface area contributed by atoms with Crippen molar-refractivity contribution in [1.29, 1.82) is 0 Å². The number of benzene rings is 2. The van der Waals surface area contributed by atoms with Crippen molar-refractivity contribution in [3.8, 4) is 5.75 Å². The molecule has 0 saturated carbocycles. The van der Waals surface area contributed by atoms with E-state index in [0.29, 0.717) is 13.2 Å². The summed E-state index contributed by atoms with van der Waals surface area (Å²) in [7, 11) is 1.74. The van der Waals surface area contributed by atoms with E-state index >= 15 is 0 Å². The Labute approximate surface area is 123 Å². The van der Waals surface area contributed by atoms with Gasteiger partial charge in [-0.25, -0.2) is 4.79 Å². The number of likely N-dealkylation sites (N-methyl/N-ethyl adjacent to an activating group) is 1. The summed E-state index contributed by atoms with van der Waals surface area (Å²) in [5, 5.41) is 0. The quantitative estimate of drug-likeness (QED) is 0.863. The Kier molecular flexibility index (Phi) is 3.77. The number of hydrogen-bond donors (Lipinski definition) is 0. The van der Waals surface area contributed by atoms with Gasteiger partial charge in [0.1, 0.15) is 18.5 Å². The number of rotatable bonds is 4. The Hall–Kier alpha value is -2.49. The zero-order chi connectivity index (χ0) is 14.7. The third kappa shape index (κ3) is 3.16. The highest BCUT2D eigenvalue weighted by Gasteiger charge is 2.29. The van der Waals surface area contributed by atoms with Gasteiger partial charge < -0.3 is 14.4 Å². The van der Waals surface area contributed by atoms with Crippen LogP contribution in [0.3, 0.4) is 0 Å². The summed E-state index contributed by atoms with van der Waals surface area (Å²) in [6.45, 7) is 1.13. The maximum Gasteiger partial charge on any atom is 0.410 e. The van der Waals surface area contributed by atoms with E-state index in [0.717, 1.165) is 16.9 Å². The molecule has 0 bridgehead atoms. The average molecular weight is 283 g/mol. The van der Waals surface area contributed by atoms with Crippen LogP contribution in [0, 0.1) is 0 Å². The molecule has 2 aromatic rings. The maximum absolute atomic E-state index is 11.4. The van der Waals surface area contributed by atoms with Gasteiger partial charge in [0.25, 0.3) is 0 Å². The number of carbonyl (C=O) groups excluding carboxylic acids is 1. The molecule has 3 rings (SSSR count). The van der Waals surface area contributed by atoms with Crippen LogP contribution < -0.4 is 4.74 Å². The van der Waals surface area contributed by atoms with Crippen molar-refractivity contribution in [3.05, 3.63) is 65.7 Å². The Morgan fingerprint density at radius 2 is 1.86 bits per heavy atom. The summed E-state index contributed by atoms with van der Waals surface area (Å²) in [5.74, 6) is 0.806. The molecule has 4 heteroatoms. The first-order chi connectivity index (χ1) is 10.2. The van der Waals surface area contributed by atoms with Gasteiger partial charge in [-0.15, -0.1) is 0 Å². The van der Waals surface area contributed by atoms with Gasteiger partial charge in [0.05, 0.1) is 6.54 Å².